The second-order valence-electron chi connectivity index (χ2n) is 7.01. The van der Waals surface area contributed by atoms with Crippen molar-refractivity contribution in [1.29, 1.82) is 0 Å². The van der Waals surface area contributed by atoms with Crippen molar-refractivity contribution in [3.63, 3.8) is 0 Å². The highest BCUT2D eigenvalue weighted by atomic mass is 16.3. The van der Waals surface area contributed by atoms with Gasteiger partial charge >= 0.3 is 0 Å². The number of carbonyl (C=O) groups excluding carboxylic acids is 1. The first-order valence-corrected chi connectivity index (χ1v) is 9.32. The minimum atomic E-state index is -0.0779. The average Bonchev–Trinajstić information content (AvgIpc) is 3.02. The molecule has 3 rings (SSSR count). The number of likely N-dealkylation sites (tertiary alicyclic amines) is 1. The van der Waals surface area contributed by atoms with Crippen LogP contribution in [-0.2, 0) is 13.1 Å². The molecule has 0 bridgehead atoms. The smallest absolute Gasteiger partial charge is 0.251 e. The van der Waals surface area contributed by atoms with Crippen molar-refractivity contribution in [2.75, 3.05) is 19.7 Å². The number of aromatic nitrogens is 2. The van der Waals surface area contributed by atoms with Gasteiger partial charge < -0.3 is 10.4 Å². The zero-order valence-corrected chi connectivity index (χ0v) is 15.6. The zero-order chi connectivity index (χ0) is 18.5. The van der Waals surface area contributed by atoms with Gasteiger partial charge in [0.15, 0.2) is 0 Å². The SMILES string of the molecule is CCn1cc(CN2CC[C@H](CO)[C@H](NC(=O)c3ccccc3)C2)c(C)n1. The number of rotatable bonds is 6. The molecule has 0 aliphatic carbocycles. The van der Waals surface area contributed by atoms with Crippen LogP contribution in [0.4, 0.5) is 0 Å². The van der Waals surface area contributed by atoms with Crippen molar-refractivity contribution in [3.8, 4) is 0 Å². The van der Waals surface area contributed by atoms with E-state index in [1.807, 2.05) is 41.9 Å². The molecule has 1 saturated heterocycles. The monoisotopic (exact) mass is 356 g/mol. The topological polar surface area (TPSA) is 70.4 Å². The summed E-state index contributed by atoms with van der Waals surface area (Å²) in [6.45, 7) is 7.56. The lowest BCUT2D eigenvalue weighted by Crippen LogP contribution is -2.53. The van der Waals surface area contributed by atoms with Gasteiger partial charge in [0, 0.05) is 55.5 Å². The number of aliphatic hydroxyl groups is 1. The molecule has 1 aromatic carbocycles. The van der Waals surface area contributed by atoms with Crippen LogP contribution in [0.5, 0.6) is 0 Å². The minimum absolute atomic E-state index is 0.0528. The summed E-state index contributed by atoms with van der Waals surface area (Å²) in [6, 6.07) is 9.19. The average molecular weight is 356 g/mol. The van der Waals surface area contributed by atoms with Gasteiger partial charge in [-0.3, -0.25) is 14.4 Å². The Bertz CT molecular complexity index is 729. The van der Waals surface area contributed by atoms with Gasteiger partial charge in [0.25, 0.3) is 5.91 Å². The molecule has 2 heterocycles. The fourth-order valence-corrected chi connectivity index (χ4v) is 3.55. The van der Waals surface area contributed by atoms with Crippen LogP contribution in [0, 0.1) is 12.8 Å². The molecular weight excluding hydrogens is 328 g/mol. The van der Waals surface area contributed by atoms with Crippen LogP contribution in [0.15, 0.2) is 36.5 Å². The van der Waals surface area contributed by atoms with E-state index in [0.717, 1.165) is 38.3 Å². The number of nitrogens with zero attached hydrogens (tertiary/aromatic N) is 3. The van der Waals surface area contributed by atoms with Crippen molar-refractivity contribution in [1.82, 2.24) is 20.0 Å². The summed E-state index contributed by atoms with van der Waals surface area (Å²) in [7, 11) is 0. The van der Waals surface area contributed by atoms with E-state index in [1.165, 1.54) is 5.56 Å². The van der Waals surface area contributed by atoms with Crippen molar-refractivity contribution in [3.05, 3.63) is 53.3 Å². The van der Waals surface area contributed by atoms with Crippen molar-refractivity contribution in [2.24, 2.45) is 5.92 Å². The molecule has 2 aromatic rings. The second-order valence-corrected chi connectivity index (χ2v) is 7.01. The number of aliphatic hydroxyl groups excluding tert-OH is 1. The molecule has 0 spiro atoms. The van der Waals surface area contributed by atoms with E-state index < -0.39 is 0 Å². The van der Waals surface area contributed by atoms with Crippen LogP contribution in [0.3, 0.4) is 0 Å². The Labute approximate surface area is 154 Å². The number of amides is 1. The molecule has 2 atom stereocenters. The molecule has 6 nitrogen and oxygen atoms in total. The van der Waals surface area contributed by atoms with E-state index in [4.69, 9.17) is 0 Å². The summed E-state index contributed by atoms with van der Waals surface area (Å²) in [5.41, 5.74) is 2.94. The molecule has 1 aliphatic rings. The molecule has 140 valence electrons. The predicted molar refractivity (Wildman–Crippen MR) is 101 cm³/mol. The summed E-state index contributed by atoms with van der Waals surface area (Å²) in [5, 5.41) is 17.4. The minimum Gasteiger partial charge on any atom is -0.396 e. The Hall–Kier alpha value is -2.18. The first-order chi connectivity index (χ1) is 12.6. The summed E-state index contributed by atoms with van der Waals surface area (Å²) in [6.07, 6.45) is 2.97. The van der Waals surface area contributed by atoms with E-state index in [1.54, 1.807) is 0 Å². The first kappa shape index (κ1) is 18.6. The van der Waals surface area contributed by atoms with Gasteiger partial charge in [0.05, 0.1) is 5.69 Å². The van der Waals surface area contributed by atoms with Gasteiger partial charge in [-0.1, -0.05) is 18.2 Å². The Morgan fingerprint density at radius 3 is 2.77 bits per heavy atom. The largest absolute Gasteiger partial charge is 0.396 e. The van der Waals surface area contributed by atoms with Crippen molar-refractivity contribution in [2.45, 2.75) is 39.4 Å². The zero-order valence-electron chi connectivity index (χ0n) is 15.6. The number of hydrogen-bond acceptors (Lipinski definition) is 4. The Balaban J connectivity index is 1.66. The third-order valence-corrected chi connectivity index (χ3v) is 5.19. The van der Waals surface area contributed by atoms with Crippen LogP contribution >= 0.6 is 0 Å². The Kier molecular flexibility index (Phi) is 6.06. The van der Waals surface area contributed by atoms with Crippen LogP contribution in [0.2, 0.25) is 0 Å². The quantitative estimate of drug-likeness (QED) is 0.828. The molecule has 1 aromatic heterocycles. The standard InChI is InChI=1S/C20H28N4O2/c1-3-24-12-18(15(2)22-24)11-23-10-9-17(14-25)19(13-23)21-20(26)16-7-5-4-6-8-16/h4-8,12,17,19,25H,3,9-11,13-14H2,1-2H3,(H,21,26)/t17-,19-/m1/s1. The first-order valence-electron chi connectivity index (χ1n) is 9.32. The van der Waals surface area contributed by atoms with E-state index >= 15 is 0 Å². The molecule has 1 amide bonds. The van der Waals surface area contributed by atoms with Crippen molar-refractivity contribution >= 4 is 5.91 Å². The molecule has 1 fully saturated rings. The maximum Gasteiger partial charge on any atom is 0.251 e. The number of aryl methyl sites for hydroxylation is 2. The van der Waals surface area contributed by atoms with Gasteiger partial charge in [-0.15, -0.1) is 0 Å². The van der Waals surface area contributed by atoms with Gasteiger partial charge in [0.1, 0.15) is 0 Å². The number of hydrogen-bond donors (Lipinski definition) is 2. The molecular formula is C20H28N4O2. The molecule has 26 heavy (non-hydrogen) atoms. The summed E-state index contributed by atoms with van der Waals surface area (Å²) >= 11 is 0. The summed E-state index contributed by atoms with van der Waals surface area (Å²) in [5.74, 6) is 0.0178. The fourth-order valence-electron chi connectivity index (χ4n) is 3.55. The molecule has 0 radical (unpaired) electrons. The maximum absolute atomic E-state index is 12.5. The van der Waals surface area contributed by atoms with Crippen LogP contribution < -0.4 is 5.32 Å². The molecule has 2 N–H and O–H groups in total. The number of benzene rings is 1. The van der Waals surface area contributed by atoms with E-state index in [-0.39, 0.29) is 24.5 Å². The fraction of sp³-hybridized carbons (Fsp3) is 0.500. The van der Waals surface area contributed by atoms with Gasteiger partial charge in [-0.05, 0) is 38.9 Å². The highest BCUT2D eigenvalue weighted by molar-refractivity contribution is 5.94. The van der Waals surface area contributed by atoms with Crippen LogP contribution in [0.1, 0.15) is 35.0 Å². The third-order valence-electron chi connectivity index (χ3n) is 5.19. The molecule has 1 aliphatic heterocycles. The summed E-state index contributed by atoms with van der Waals surface area (Å²) in [4.78, 5) is 14.9. The lowest BCUT2D eigenvalue weighted by atomic mass is 9.91. The van der Waals surface area contributed by atoms with Gasteiger partial charge in [-0.25, -0.2) is 0 Å². The molecule has 6 heteroatoms. The van der Waals surface area contributed by atoms with E-state index in [2.05, 4.69) is 28.4 Å². The molecule has 0 unspecified atom stereocenters. The number of nitrogens with one attached hydrogen (secondary N) is 1. The lowest BCUT2D eigenvalue weighted by Gasteiger charge is -2.38. The highest BCUT2D eigenvalue weighted by Crippen LogP contribution is 2.21. The Morgan fingerprint density at radius 1 is 1.35 bits per heavy atom. The number of carbonyl (C=O) groups is 1. The van der Waals surface area contributed by atoms with Gasteiger partial charge in [-0.2, -0.15) is 5.10 Å². The normalized spacial score (nSPS) is 20.9. The molecule has 0 saturated carbocycles. The third kappa shape index (κ3) is 4.31. The lowest BCUT2D eigenvalue weighted by molar-refractivity contribution is 0.0730. The second kappa shape index (κ2) is 8.47. The van der Waals surface area contributed by atoms with E-state index in [0.29, 0.717) is 5.56 Å². The van der Waals surface area contributed by atoms with E-state index in [9.17, 15) is 9.90 Å². The highest BCUT2D eigenvalue weighted by Gasteiger charge is 2.30. The van der Waals surface area contributed by atoms with Crippen LogP contribution in [-0.4, -0.2) is 51.4 Å². The van der Waals surface area contributed by atoms with Gasteiger partial charge in [0.2, 0.25) is 0 Å². The van der Waals surface area contributed by atoms with Crippen molar-refractivity contribution < 1.29 is 9.90 Å². The number of piperidine rings is 1. The predicted octanol–water partition coefficient (Wildman–Crippen LogP) is 1.82. The Morgan fingerprint density at radius 2 is 2.12 bits per heavy atom. The summed E-state index contributed by atoms with van der Waals surface area (Å²) < 4.78 is 1.96. The maximum atomic E-state index is 12.5. The van der Waals surface area contributed by atoms with Crippen LogP contribution in [0.25, 0.3) is 0 Å².